The molecule has 0 aromatic heterocycles. The number of hydrogen-bond acceptors (Lipinski definition) is 5. The third-order valence-electron chi connectivity index (χ3n) is 5.01. The molecule has 9 heteroatoms. The molecule has 1 fully saturated rings. The van der Waals surface area contributed by atoms with Gasteiger partial charge >= 0.3 is 0 Å². The van der Waals surface area contributed by atoms with Gasteiger partial charge in [0, 0.05) is 53.4 Å². The molecular formula is C23H27ClN4O2S2. The zero-order chi connectivity index (χ0) is 23.1. The molecule has 32 heavy (non-hydrogen) atoms. The van der Waals surface area contributed by atoms with Gasteiger partial charge in [0.1, 0.15) is 0 Å². The van der Waals surface area contributed by atoms with E-state index in [1.54, 1.807) is 12.1 Å². The second-order valence-corrected chi connectivity index (χ2v) is 9.65. The van der Waals surface area contributed by atoms with Crippen LogP contribution in [0.25, 0.3) is 0 Å². The summed E-state index contributed by atoms with van der Waals surface area (Å²) in [6.07, 6.45) is 0. The van der Waals surface area contributed by atoms with E-state index in [0.29, 0.717) is 5.02 Å². The summed E-state index contributed by atoms with van der Waals surface area (Å²) in [4.78, 5) is 29.4. The van der Waals surface area contributed by atoms with Crippen LogP contribution >= 0.6 is 35.6 Å². The van der Waals surface area contributed by atoms with E-state index >= 15 is 0 Å². The second kappa shape index (κ2) is 11.5. The summed E-state index contributed by atoms with van der Waals surface area (Å²) in [7, 11) is 0. The van der Waals surface area contributed by atoms with Crippen LogP contribution in [0.15, 0.2) is 53.4 Å². The molecule has 0 saturated carbocycles. The number of benzene rings is 2. The van der Waals surface area contributed by atoms with Gasteiger partial charge in [-0.15, -0.1) is 11.8 Å². The highest BCUT2D eigenvalue weighted by molar-refractivity contribution is 8.00. The maximum Gasteiger partial charge on any atom is 0.236 e. The summed E-state index contributed by atoms with van der Waals surface area (Å²) < 4.78 is 0. The lowest BCUT2D eigenvalue weighted by Crippen LogP contribution is -2.49. The van der Waals surface area contributed by atoms with Gasteiger partial charge in [0.25, 0.3) is 0 Å². The molecule has 1 aliphatic rings. The number of anilines is 2. The molecule has 2 N–H and O–H groups in total. The van der Waals surface area contributed by atoms with Gasteiger partial charge in [0.05, 0.1) is 5.75 Å². The van der Waals surface area contributed by atoms with Crippen LogP contribution in [0.4, 0.5) is 11.4 Å². The van der Waals surface area contributed by atoms with E-state index < -0.39 is 0 Å². The lowest BCUT2D eigenvalue weighted by atomic mass is 10.1. The van der Waals surface area contributed by atoms with Crippen LogP contribution in [0.5, 0.6) is 0 Å². The van der Waals surface area contributed by atoms with Crippen LogP contribution in [0.1, 0.15) is 13.8 Å². The third-order valence-corrected chi connectivity index (χ3v) is 6.48. The fourth-order valence-electron chi connectivity index (χ4n) is 3.31. The molecule has 170 valence electrons. The minimum atomic E-state index is -0.173. The van der Waals surface area contributed by atoms with Crippen molar-refractivity contribution in [2.75, 3.05) is 42.1 Å². The number of amides is 2. The van der Waals surface area contributed by atoms with E-state index in [1.807, 2.05) is 55.1 Å². The third kappa shape index (κ3) is 7.12. The number of thioether (sulfide) groups is 1. The fraction of sp³-hybridized carbons (Fsp3) is 0.348. The van der Waals surface area contributed by atoms with Crippen LogP contribution in [-0.4, -0.2) is 53.8 Å². The summed E-state index contributed by atoms with van der Waals surface area (Å²) in [5.74, 6) is 0.333. The van der Waals surface area contributed by atoms with E-state index in [-0.39, 0.29) is 28.6 Å². The van der Waals surface area contributed by atoms with Crippen LogP contribution in [0.3, 0.4) is 0 Å². The van der Waals surface area contributed by atoms with Crippen molar-refractivity contribution < 1.29 is 9.59 Å². The number of piperazine rings is 1. The highest BCUT2D eigenvalue weighted by atomic mass is 35.5. The van der Waals surface area contributed by atoms with E-state index in [9.17, 15) is 9.59 Å². The Kier molecular flexibility index (Phi) is 8.78. The van der Waals surface area contributed by atoms with Crippen LogP contribution < -0.4 is 15.5 Å². The molecule has 0 atom stereocenters. The van der Waals surface area contributed by atoms with Crippen molar-refractivity contribution in [1.82, 2.24) is 10.2 Å². The van der Waals surface area contributed by atoms with Gasteiger partial charge in [-0.05, 0) is 60.7 Å². The summed E-state index contributed by atoms with van der Waals surface area (Å²) >= 11 is 12.5. The zero-order valence-corrected chi connectivity index (χ0v) is 20.5. The Bertz CT molecular complexity index is 943. The van der Waals surface area contributed by atoms with Crippen molar-refractivity contribution in [1.29, 1.82) is 0 Å². The molecule has 0 spiro atoms. The van der Waals surface area contributed by atoms with Crippen LogP contribution in [0, 0.1) is 5.92 Å². The van der Waals surface area contributed by atoms with E-state index in [0.717, 1.165) is 42.4 Å². The monoisotopic (exact) mass is 490 g/mol. The van der Waals surface area contributed by atoms with E-state index in [1.165, 1.54) is 11.8 Å². The first-order valence-corrected chi connectivity index (χ1v) is 12.2. The average Bonchev–Trinajstić information content (AvgIpc) is 2.78. The lowest BCUT2D eigenvalue weighted by molar-refractivity contribution is -0.134. The van der Waals surface area contributed by atoms with E-state index in [2.05, 4.69) is 15.5 Å². The van der Waals surface area contributed by atoms with Gasteiger partial charge < -0.3 is 20.4 Å². The smallest absolute Gasteiger partial charge is 0.236 e. The summed E-state index contributed by atoms with van der Waals surface area (Å²) in [5, 5.41) is 6.67. The molecular weight excluding hydrogens is 464 g/mol. The second-order valence-electron chi connectivity index (χ2n) is 7.76. The molecule has 0 radical (unpaired) electrons. The molecule has 0 unspecified atom stereocenters. The number of thiocarbonyl (C=S) groups is 1. The van der Waals surface area contributed by atoms with Gasteiger partial charge in [-0.3, -0.25) is 9.59 Å². The summed E-state index contributed by atoms with van der Waals surface area (Å²) in [6.45, 7) is 6.97. The summed E-state index contributed by atoms with van der Waals surface area (Å²) in [5.41, 5.74) is 1.90. The Hall–Kier alpha value is -2.29. The van der Waals surface area contributed by atoms with Crippen molar-refractivity contribution in [2.45, 2.75) is 18.7 Å². The Morgan fingerprint density at radius 3 is 2.25 bits per heavy atom. The van der Waals surface area contributed by atoms with Gasteiger partial charge in [-0.25, -0.2) is 0 Å². The molecule has 1 saturated heterocycles. The number of nitrogens with zero attached hydrogens (tertiary/aromatic N) is 2. The fourth-order valence-corrected chi connectivity index (χ4v) is 4.37. The van der Waals surface area contributed by atoms with Crippen molar-refractivity contribution in [3.8, 4) is 0 Å². The zero-order valence-electron chi connectivity index (χ0n) is 18.1. The Labute approximate surface area is 203 Å². The Balaban J connectivity index is 1.43. The minimum Gasteiger partial charge on any atom is -0.368 e. The number of hydrogen-bond donors (Lipinski definition) is 2. The first kappa shape index (κ1) is 24.4. The molecule has 3 rings (SSSR count). The molecule has 2 aromatic carbocycles. The number of carbonyl (C=O) groups excluding carboxylic acids is 2. The number of rotatable bonds is 6. The normalized spacial score (nSPS) is 13.8. The maximum atomic E-state index is 12.1. The van der Waals surface area contributed by atoms with Crippen molar-refractivity contribution >= 4 is 63.9 Å². The van der Waals surface area contributed by atoms with Crippen molar-refractivity contribution in [3.63, 3.8) is 0 Å². The van der Waals surface area contributed by atoms with Gasteiger partial charge in [0.2, 0.25) is 11.8 Å². The number of halogens is 1. The summed E-state index contributed by atoms with van der Waals surface area (Å²) in [6, 6.07) is 15.2. The van der Waals surface area contributed by atoms with Gasteiger partial charge in [-0.1, -0.05) is 25.4 Å². The molecule has 0 aliphatic carbocycles. The first-order chi connectivity index (χ1) is 15.3. The van der Waals surface area contributed by atoms with Crippen molar-refractivity contribution in [2.24, 2.45) is 5.92 Å². The average molecular weight is 491 g/mol. The largest absolute Gasteiger partial charge is 0.368 e. The lowest BCUT2D eigenvalue weighted by Gasteiger charge is -2.37. The maximum absolute atomic E-state index is 12.1. The molecule has 1 aliphatic heterocycles. The Morgan fingerprint density at radius 2 is 1.66 bits per heavy atom. The Morgan fingerprint density at radius 1 is 1.03 bits per heavy atom. The topological polar surface area (TPSA) is 64.7 Å². The molecule has 0 bridgehead atoms. The predicted molar refractivity (Wildman–Crippen MR) is 137 cm³/mol. The molecule has 1 heterocycles. The van der Waals surface area contributed by atoms with E-state index in [4.69, 9.17) is 23.8 Å². The number of nitrogens with one attached hydrogen (secondary N) is 2. The molecule has 2 aromatic rings. The van der Waals surface area contributed by atoms with Crippen LogP contribution in [0.2, 0.25) is 5.02 Å². The predicted octanol–water partition coefficient (Wildman–Crippen LogP) is 4.25. The standard InChI is InChI=1S/C23H27ClN4O2S2/c1-16(2)22(30)28-13-11-27(12-14-28)19-7-5-18(6-8-19)25-23(31)26-21(29)15-32-20-9-3-17(24)4-10-20/h3-10,16H,11-15H2,1-2H3,(H2,25,26,29,31). The van der Waals surface area contributed by atoms with Gasteiger partial charge in [0.15, 0.2) is 5.11 Å². The highest BCUT2D eigenvalue weighted by Crippen LogP contribution is 2.21. The van der Waals surface area contributed by atoms with Crippen molar-refractivity contribution in [3.05, 3.63) is 53.6 Å². The minimum absolute atomic E-state index is 0.0345. The molecule has 6 nitrogen and oxygen atoms in total. The van der Waals surface area contributed by atoms with Gasteiger partial charge in [-0.2, -0.15) is 0 Å². The van der Waals surface area contributed by atoms with Crippen LogP contribution in [-0.2, 0) is 9.59 Å². The number of carbonyl (C=O) groups is 2. The highest BCUT2D eigenvalue weighted by Gasteiger charge is 2.22. The first-order valence-electron chi connectivity index (χ1n) is 10.4. The molecule has 2 amide bonds. The quantitative estimate of drug-likeness (QED) is 0.466. The SMILES string of the molecule is CC(C)C(=O)N1CCN(c2ccc(NC(=S)NC(=O)CSc3ccc(Cl)cc3)cc2)CC1.